The van der Waals surface area contributed by atoms with Crippen LogP contribution in [0.2, 0.25) is 0 Å². The number of sulfone groups is 1. The zero-order valence-electron chi connectivity index (χ0n) is 8.77. The molecule has 1 aromatic rings. The van der Waals surface area contributed by atoms with Gasteiger partial charge in [0.25, 0.3) is 0 Å². The quantitative estimate of drug-likeness (QED) is 0.726. The molecule has 83 valence electrons. The topological polar surface area (TPSA) is 43.4 Å². The lowest BCUT2D eigenvalue weighted by molar-refractivity contribution is 0.309. The summed E-state index contributed by atoms with van der Waals surface area (Å²) in [4.78, 5) is 0.213. The molecule has 0 saturated carbocycles. The van der Waals surface area contributed by atoms with Crippen molar-refractivity contribution in [2.75, 3.05) is 6.61 Å². The van der Waals surface area contributed by atoms with E-state index in [1.807, 2.05) is 0 Å². The lowest BCUT2D eigenvalue weighted by Gasteiger charge is -2.05. The molecule has 0 amide bonds. The van der Waals surface area contributed by atoms with E-state index >= 15 is 0 Å². The van der Waals surface area contributed by atoms with E-state index in [4.69, 9.17) is 4.74 Å². The average molecular weight is 227 g/mol. The molecule has 0 aliphatic rings. The molecular formula is C11H15O3S. The highest BCUT2D eigenvalue weighted by molar-refractivity contribution is 7.92. The van der Waals surface area contributed by atoms with E-state index in [1.54, 1.807) is 12.1 Å². The third-order valence-electron chi connectivity index (χ3n) is 1.95. The van der Waals surface area contributed by atoms with Crippen LogP contribution in [0.25, 0.3) is 0 Å². The third kappa shape index (κ3) is 3.91. The molecule has 0 saturated heterocycles. The molecule has 15 heavy (non-hydrogen) atoms. The SMILES string of the molecule is [CH2]S(=O)(=O)c1ccc(OCCCC)cc1. The Morgan fingerprint density at radius 2 is 1.87 bits per heavy atom. The summed E-state index contributed by atoms with van der Waals surface area (Å²) in [5.74, 6) is 0.691. The van der Waals surface area contributed by atoms with Gasteiger partial charge in [0.05, 0.1) is 17.8 Å². The van der Waals surface area contributed by atoms with Gasteiger partial charge in [0.15, 0.2) is 9.84 Å². The first-order chi connectivity index (χ1) is 7.04. The first kappa shape index (κ1) is 12.0. The van der Waals surface area contributed by atoms with Crippen molar-refractivity contribution in [2.24, 2.45) is 0 Å². The maximum absolute atomic E-state index is 11.1. The van der Waals surface area contributed by atoms with Crippen molar-refractivity contribution in [3.8, 4) is 5.75 Å². The molecular weight excluding hydrogens is 212 g/mol. The van der Waals surface area contributed by atoms with Gasteiger partial charge in [-0.2, -0.15) is 0 Å². The molecule has 3 nitrogen and oxygen atoms in total. The number of hydrogen-bond donors (Lipinski definition) is 0. The predicted octanol–water partition coefficient (Wildman–Crippen LogP) is 2.43. The molecule has 0 aliphatic carbocycles. The van der Waals surface area contributed by atoms with Crippen LogP contribution < -0.4 is 4.74 Å². The zero-order valence-corrected chi connectivity index (χ0v) is 9.59. The van der Waals surface area contributed by atoms with E-state index in [2.05, 4.69) is 13.2 Å². The summed E-state index contributed by atoms with van der Waals surface area (Å²) in [5, 5.41) is 0. The monoisotopic (exact) mass is 227 g/mol. The van der Waals surface area contributed by atoms with Gasteiger partial charge in [-0.1, -0.05) is 13.3 Å². The van der Waals surface area contributed by atoms with Gasteiger partial charge in [-0.05, 0) is 30.7 Å². The van der Waals surface area contributed by atoms with Gasteiger partial charge in [-0.25, -0.2) is 8.42 Å². The van der Waals surface area contributed by atoms with Crippen LogP contribution in [0.4, 0.5) is 0 Å². The van der Waals surface area contributed by atoms with Gasteiger partial charge in [0.2, 0.25) is 0 Å². The van der Waals surface area contributed by atoms with E-state index in [0.29, 0.717) is 12.4 Å². The standard InChI is InChI=1S/C11H15O3S/c1-3-4-9-14-10-5-7-11(8-6-10)15(2,12)13/h5-8H,2-4,9H2,1H3. The highest BCUT2D eigenvalue weighted by Crippen LogP contribution is 2.16. The minimum Gasteiger partial charge on any atom is -0.494 e. The summed E-state index contributed by atoms with van der Waals surface area (Å²) in [6.07, 6.45) is 5.15. The maximum atomic E-state index is 11.1. The van der Waals surface area contributed by atoms with Crippen LogP contribution in [0.1, 0.15) is 19.8 Å². The highest BCUT2D eigenvalue weighted by atomic mass is 32.2. The van der Waals surface area contributed by atoms with Gasteiger partial charge in [-0.3, -0.25) is 0 Å². The van der Waals surface area contributed by atoms with Gasteiger partial charge in [-0.15, -0.1) is 0 Å². The van der Waals surface area contributed by atoms with Crippen molar-refractivity contribution in [1.29, 1.82) is 0 Å². The Hall–Kier alpha value is -1.03. The lowest BCUT2D eigenvalue weighted by Crippen LogP contribution is -1.97. The van der Waals surface area contributed by atoms with Crippen molar-refractivity contribution >= 4 is 9.84 Å². The largest absolute Gasteiger partial charge is 0.494 e. The molecule has 0 atom stereocenters. The number of benzene rings is 1. The van der Waals surface area contributed by atoms with Crippen LogP contribution in [0.3, 0.4) is 0 Å². The third-order valence-corrected chi connectivity index (χ3v) is 2.94. The normalized spacial score (nSPS) is 11.3. The molecule has 0 heterocycles. The van der Waals surface area contributed by atoms with Crippen LogP contribution in [0, 0.1) is 6.26 Å². The van der Waals surface area contributed by atoms with Gasteiger partial charge in [0.1, 0.15) is 5.75 Å². The van der Waals surface area contributed by atoms with Crippen molar-refractivity contribution in [2.45, 2.75) is 24.7 Å². The van der Waals surface area contributed by atoms with Gasteiger partial charge < -0.3 is 4.74 Å². The minimum atomic E-state index is -3.35. The Morgan fingerprint density at radius 1 is 1.27 bits per heavy atom. The second-order valence-corrected chi connectivity index (χ2v) is 4.99. The average Bonchev–Trinajstić information content (AvgIpc) is 2.18. The van der Waals surface area contributed by atoms with E-state index in [-0.39, 0.29) is 4.90 Å². The first-order valence-electron chi connectivity index (χ1n) is 4.85. The summed E-state index contributed by atoms with van der Waals surface area (Å²) in [7, 11) is -3.35. The predicted molar refractivity (Wildman–Crippen MR) is 59.4 cm³/mol. The first-order valence-corrected chi connectivity index (χ1v) is 6.50. The van der Waals surface area contributed by atoms with Crippen molar-refractivity contribution in [1.82, 2.24) is 0 Å². The summed E-state index contributed by atoms with van der Waals surface area (Å²) in [6.45, 7) is 2.74. The second kappa shape index (κ2) is 5.16. The summed E-state index contributed by atoms with van der Waals surface area (Å²) in [5.41, 5.74) is 0. The van der Waals surface area contributed by atoms with Crippen LogP contribution in [-0.4, -0.2) is 15.0 Å². The molecule has 1 rings (SSSR count). The fraction of sp³-hybridized carbons (Fsp3) is 0.364. The van der Waals surface area contributed by atoms with Crippen molar-refractivity contribution in [3.05, 3.63) is 30.5 Å². The highest BCUT2D eigenvalue weighted by Gasteiger charge is 2.06. The molecule has 0 aliphatic heterocycles. The van der Waals surface area contributed by atoms with Crippen LogP contribution in [0.5, 0.6) is 5.75 Å². The van der Waals surface area contributed by atoms with E-state index in [1.165, 1.54) is 12.1 Å². The molecule has 4 heteroatoms. The Kier molecular flexibility index (Phi) is 4.15. The molecule has 1 aromatic carbocycles. The minimum absolute atomic E-state index is 0.213. The maximum Gasteiger partial charge on any atom is 0.179 e. The Bertz CT molecular complexity index is 392. The van der Waals surface area contributed by atoms with Crippen LogP contribution in [-0.2, 0) is 9.84 Å². The zero-order chi connectivity index (χ0) is 11.3. The molecule has 0 N–H and O–H groups in total. The Labute approximate surface area is 91.0 Å². The van der Waals surface area contributed by atoms with Gasteiger partial charge in [0, 0.05) is 0 Å². The van der Waals surface area contributed by atoms with Gasteiger partial charge >= 0.3 is 0 Å². The molecule has 0 unspecified atom stereocenters. The molecule has 1 radical (unpaired) electrons. The van der Waals surface area contributed by atoms with Crippen molar-refractivity contribution < 1.29 is 13.2 Å². The van der Waals surface area contributed by atoms with E-state index in [0.717, 1.165) is 12.8 Å². The number of ether oxygens (including phenoxy) is 1. The van der Waals surface area contributed by atoms with Crippen molar-refractivity contribution in [3.63, 3.8) is 0 Å². The second-order valence-electron chi connectivity index (χ2n) is 3.29. The fourth-order valence-electron chi connectivity index (χ4n) is 1.08. The van der Waals surface area contributed by atoms with E-state index in [9.17, 15) is 8.42 Å². The Balaban J connectivity index is 2.65. The molecule has 0 bridgehead atoms. The lowest BCUT2D eigenvalue weighted by atomic mass is 10.3. The smallest absolute Gasteiger partial charge is 0.179 e. The number of rotatable bonds is 5. The summed E-state index contributed by atoms with van der Waals surface area (Å²) < 4.78 is 27.5. The molecule has 0 fully saturated rings. The number of unbranched alkanes of at least 4 members (excludes halogenated alkanes) is 1. The number of hydrogen-bond acceptors (Lipinski definition) is 3. The summed E-state index contributed by atoms with van der Waals surface area (Å²) >= 11 is 0. The summed E-state index contributed by atoms with van der Waals surface area (Å²) in [6, 6.07) is 6.30. The van der Waals surface area contributed by atoms with Crippen LogP contribution in [0.15, 0.2) is 29.2 Å². The Morgan fingerprint density at radius 3 is 2.33 bits per heavy atom. The van der Waals surface area contributed by atoms with Crippen LogP contribution >= 0.6 is 0 Å². The van der Waals surface area contributed by atoms with E-state index < -0.39 is 9.84 Å². The fourth-order valence-corrected chi connectivity index (χ4v) is 1.63. The molecule has 0 spiro atoms. The molecule has 0 aromatic heterocycles.